The molecular weight excluding hydrogens is 731 g/mol. The van der Waals surface area contributed by atoms with E-state index in [0.717, 1.165) is 61.7 Å². The Hall–Kier alpha value is -5.33. The fourth-order valence-corrected chi connectivity index (χ4v) is 7.76. The zero-order chi connectivity index (χ0) is 40.9. The number of fused-ring (bicyclic) bond motifs is 2. The molecule has 0 spiro atoms. The minimum Gasteiger partial charge on any atom is -0.444 e. The summed E-state index contributed by atoms with van der Waals surface area (Å²) >= 11 is 0. The van der Waals surface area contributed by atoms with Gasteiger partial charge in [-0.25, -0.2) is 19.6 Å². The maximum Gasteiger partial charge on any atom is 0.410 e. The zero-order valence-electron chi connectivity index (χ0n) is 35.1. The number of pyridine rings is 3. The lowest BCUT2D eigenvalue weighted by atomic mass is 9.95. The first-order valence-electron chi connectivity index (χ1n) is 20.9. The zero-order valence-corrected chi connectivity index (χ0v) is 35.1. The van der Waals surface area contributed by atoms with E-state index in [1.807, 2.05) is 75.4 Å². The lowest BCUT2D eigenvalue weighted by Gasteiger charge is -2.24. The molecule has 0 saturated carbocycles. The molecule has 8 rings (SSSR count). The van der Waals surface area contributed by atoms with E-state index in [-0.39, 0.29) is 24.3 Å². The standard InChI is InChI=1S/C23H32N4O2.C22H27N5O2/c1-23(2,3)29-22(28)26-13-12-20(16-26)27-15-17(14-24-27)8-10-19-11-9-18-6-4-5-7-21(18)25-19;1-22(2,3)29-21(28)26-12-10-19(15-26)27-14-16(13-24-27)6-8-18-9-7-17-5-4-11-23-20(17)25-18/h9,11,14-15,20H,4-8,10,12-13,16H2,1-3H3;4-5,7,9,11,13-14,19H,6,8,10,12,15H2,1-3H3/t20-;19-/m11/s1. The van der Waals surface area contributed by atoms with E-state index < -0.39 is 11.2 Å². The molecule has 3 aliphatic rings. The van der Waals surface area contributed by atoms with E-state index in [0.29, 0.717) is 26.2 Å². The van der Waals surface area contributed by atoms with Crippen LogP contribution in [0.25, 0.3) is 11.0 Å². The molecule has 0 aromatic carbocycles. The van der Waals surface area contributed by atoms with E-state index >= 15 is 0 Å². The van der Waals surface area contributed by atoms with Crippen LogP contribution in [0.15, 0.2) is 67.4 Å². The number of ether oxygens (including phenoxy) is 2. The predicted octanol–water partition coefficient (Wildman–Crippen LogP) is 7.92. The molecule has 5 aromatic heterocycles. The Bertz CT molecular complexity index is 2180. The highest BCUT2D eigenvalue weighted by Crippen LogP contribution is 2.26. The molecule has 0 bridgehead atoms. The van der Waals surface area contributed by atoms with Crippen LogP contribution in [0.2, 0.25) is 0 Å². The van der Waals surface area contributed by atoms with Crippen LogP contribution in [0.4, 0.5) is 9.59 Å². The summed E-state index contributed by atoms with van der Waals surface area (Å²) in [7, 11) is 0. The third kappa shape index (κ3) is 11.0. The molecule has 2 fully saturated rings. The van der Waals surface area contributed by atoms with Crippen LogP contribution < -0.4 is 0 Å². The summed E-state index contributed by atoms with van der Waals surface area (Å²) in [4.78, 5) is 41.9. The Morgan fingerprint density at radius 3 is 1.83 bits per heavy atom. The quantitative estimate of drug-likeness (QED) is 0.154. The van der Waals surface area contributed by atoms with Crippen molar-refractivity contribution in [1.82, 2.24) is 44.3 Å². The van der Waals surface area contributed by atoms with Gasteiger partial charge in [-0.15, -0.1) is 0 Å². The van der Waals surface area contributed by atoms with Gasteiger partial charge in [0.15, 0.2) is 5.65 Å². The monoisotopic (exact) mass is 789 g/mol. The number of aromatic nitrogens is 7. The topological polar surface area (TPSA) is 133 Å². The average Bonchev–Trinajstić information content (AvgIpc) is 4.02. The average molecular weight is 790 g/mol. The van der Waals surface area contributed by atoms with Crippen LogP contribution in [0.1, 0.15) is 113 Å². The fourth-order valence-electron chi connectivity index (χ4n) is 7.76. The highest BCUT2D eigenvalue weighted by molar-refractivity contribution is 5.74. The molecule has 0 radical (unpaired) electrons. The molecule has 308 valence electrons. The summed E-state index contributed by atoms with van der Waals surface area (Å²) in [5.41, 5.74) is 7.19. The molecule has 0 unspecified atom stereocenters. The lowest BCUT2D eigenvalue weighted by molar-refractivity contribution is 0.0278. The van der Waals surface area contributed by atoms with E-state index in [4.69, 9.17) is 14.5 Å². The van der Waals surface area contributed by atoms with E-state index in [1.165, 1.54) is 47.3 Å². The first-order chi connectivity index (χ1) is 27.7. The van der Waals surface area contributed by atoms with E-state index in [1.54, 1.807) is 16.0 Å². The number of hydrogen-bond acceptors (Lipinski definition) is 9. The molecule has 13 nitrogen and oxygen atoms in total. The van der Waals surface area contributed by atoms with Crippen LogP contribution >= 0.6 is 0 Å². The van der Waals surface area contributed by atoms with Gasteiger partial charge in [-0.05, 0) is 153 Å². The molecule has 5 aromatic rings. The Morgan fingerprint density at radius 1 is 0.690 bits per heavy atom. The van der Waals surface area contributed by atoms with Gasteiger partial charge in [-0.3, -0.25) is 14.3 Å². The van der Waals surface area contributed by atoms with Crippen molar-refractivity contribution in [2.75, 3.05) is 26.2 Å². The Kier molecular flexibility index (Phi) is 12.4. The molecular formula is C45H59N9O4. The first kappa shape index (κ1) is 40.9. The summed E-state index contributed by atoms with van der Waals surface area (Å²) in [5.74, 6) is 0. The van der Waals surface area contributed by atoms with Gasteiger partial charge in [0.25, 0.3) is 0 Å². The normalized spacial score (nSPS) is 18.2. The number of likely N-dealkylation sites (tertiary alicyclic amines) is 2. The van der Waals surface area contributed by atoms with Crippen molar-refractivity contribution in [3.8, 4) is 0 Å². The van der Waals surface area contributed by atoms with Gasteiger partial charge < -0.3 is 19.3 Å². The summed E-state index contributed by atoms with van der Waals surface area (Å²) in [6.07, 6.45) is 19.6. The van der Waals surface area contributed by atoms with Crippen molar-refractivity contribution >= 4 is 23.2 Å². The summed E-state index contributed by atoms with van der Waals surface area (Å²) in [6, 6.07) is 12.9. The maximum absolute atomic E-state index is 12.3. The predicted molar refractivity (Wildman–Crippen MR) is 223 cm³/mol. The number of hydrogen-bond donors (Lipinski definition) is 0. The lowest BCUT2D eigenvalue weighted by Crippen LogP contribution is -2.35. The van der Waals surface area contributed by atoms with Crippen LogP contribution in [0.3, 0.4) is 0 Å². The highest BCUT2D eigenvalue weighted by Gasteiger charge is 2.32. The minimum absolute atomic E-state index is 0.194. The maximum atomic E-state index is 12.3. The first-order valence-corrected chi connectivity index (χ1v) is 20.9. The summed E-state index contributed by atoms with van der Waals surface area (Å²) in [6.45, 7) is 14.1. The van der Waals surface area contributed by atoms with Gasteiger partial charge in [0.2, 0.25) is 0 Å². The second kappa shape index (κ2) is 17.7. The van der Waals surface area contributed by atoms with Gasteiger partial charge in [0.1, 0.15) is 11.2 Å². The SMILES string of the molecule is CC(C)(C)OC(=O)N1CC[C@@H](n2cc(CCc3ccc4c(n3)CCCC4)cn2)C1.CC(C)(C)OC(=O)N1CC[C@@H](n2cc(CCc3ccc4cccnc4n3)cn2)C1. The Morgan fingerprint density at radius 2 is 1.24 bits per heavy atom. The molecule has 2 atom stereocenters. The fraction of sp³-hybridized carbons (Fsp3) is 0.533. The van der Waals surface area contributed by atoms with Gasteiger partial charge in [0.05, 0.1) is 24.5 Å². The van der Waals surface area contributed by atoms with E-state index in [2.05, 4.69) is 56.8 Å². The summed E-state index contributed by atoms with van der Waals surface area (Å²) < 4.78 is 15.0. The number of aryl methyl sites for hydroxylation is 6. The molecule has 2 amide bonds. The Labute approximate surface area is 342 Å². The molecule has 0 N–H and O–H groups in total. The van der Waals surface area contributed by atoms with Gasteiger partial charge in [-0.1, -0.05) is 6.07 Å². The molecule has 7 heterocycles. The van der Waals surface area contributed by atoms with Crippen molar-refractivity contribution in [3.05, 3.63) is 101 Å². The molecule has 13 heteroatoms. The number of carbonyl (C=O) groups excluding carboxylic acids is 2. The van der Waals surface area contributed by atoms with Crippen LogP contribution in [-0.2, 0) is 48.0 Å². The van der Waals surface area contributed by atoms with Crippen molar-refractivity contribution in [3.63, 3.8) is 0 Å². The van der Waals surface area contributed by atoms with Crippen molar-refractivity contribution < 1.29 is 19.1 Å². The smallest absolute Gasteiger partial charge is 0.410 e. The highest BCUT2D eigenvalue weighted by atomic mass is 16.6. The van der Waals surface area contributed by atoms with Gasteiger partial charge >= 0.3 is 12.2 Å². The Balaban J connectivity index is 0.000000177. The second-order valence-corrected chi connectivity index (χ2v) is 17.9. The van der Waals surface area contributed by atoms with Crippen LogP contribution in [-0.4, -0.2) is 93.9 Å². The number of amides is 2. The largest absolute Gasteiger partial charge is 0.444 e. The molecule has 2 saturated heterocycles. The number of carbonyl (C=O) groups is 2. The van der Waals surface area contributed by atoms with Crippen LogP contribution in [0, 0.1) is 0 Å². The molecule has 2 aliphatic heterocycles. The van der Waals surface area contributed by atoms with E-state index in [9.17, 15) is 9.59 Å². The van der Waals surface area contributed by atoms with Gasteiger partial charge in [-0.2, -0.15) is 10.2 Å². The molecule has 1 aliphatic carbocycles. The third-order valence-corrected chi connectivity index (χ3v) is 10.8. The molecule has 58 heavy (non-hydrogen) atoms. The van der Waals surface area contributed by atoms with Crippen LogP contribution in [0.5, 0.6) is 0 Å². The third-order valence-electron chi connectivity index (χ3n) is 10.8. The van der Waals surface area contributed by atoms with Crippen molar-refractivity contribution in [1.29, 1.82) is 0 Å². The summed E-state index contributed by atoms with van der Waals surface area (Å²) in [5, 5.41) is 10.2. The van der Waals surface area contributed by atoms with Gasteiger partial charge in [0, 0.05) is 67.2 Å². The minimum atomic E-state index is -0.472. The number of nitrogens with zero attached hydrogens (tertiary/aromatic N) is 9. The van der Waals surface area contributed by atoms with Crippen molar-refractivity contribution in [2.24, 2.45) is 0 Å². The number of rotatable bonds is 8. The van der Waals surface area contributed by atoms with Crippen molar-refractivity contribution in [2.45, 2.75) is 129 Å². The second-order valence-electron chi connectivity index (χ2n) is 17.9.